The Bertz CT molecular complexity index is 1280. The van der Waals surface area contributed by atoms with Crippen LogP contribution in [0.1, 0.15) is 39.4 Å². The molecule has 0 spiro atoms. The Kier molecular flexibility index (Phi) is 6.09. The van der Waals surface area contributed by atoms with Crippen LogP contribution in [0.15, 0.2) is 91.0 Å². The number of rotatable bonds is 7. The molecule has 0 unspecified atom stereocenters. The number of benzene rings is 4. The van der Waals surface area contributed by atoms with E-state index in [-0.39, 0.29) is 12.0 Å². The van der Waals surface area contributed by atoms with Crippen LogP contribution in [0.25, 0.3) is 10.8 Å². The Morgan fingerprint density at radius 2 is 1.73 bits per heavy atom. The molecule has 0 aliphatic carbocycles. The largest absolute Gasteiger partial charge is 0.489 e. The highest BCUT2D eigenvalue weighted by atomic mass is 16.5. The molecule has 1 aliphatic heterocycles. The molecule has 4 aromatic carbocycles. The molecule has 2 N–H and O–H groups in total. The molecule has 4 nitrogen and oxygen atoms in total. The van der Waals surface area contributed by atoms with E-state index in [1.54, 1.807) is 12.1 Å². The molecule has 0 aromatic heterocycles. The second-order valence-corrected chi connectivity index (χ2v) is 8.59. The summed E-state index contributed by atoms with van der Waals surface area (Å²) >= 11 is 0. The smallest absolute Gasteiger partial charge is 0.335 e. The molecule has 0 radical (unpaired) electrons. The first kappa shape index (κ1) is 21.2. The summed E-state index contributed by atoms with van der Waals surface area (Å²) in [4.78, 5) is 11.5. The lowest BCUT2D eigenvalue weighted by Crippen LogP contribution is -2.36. The number of ether oxygens (including phenoxy) is 1. The van der Waals surface area contributed by atoms with E-state index in [1.165, 1.54) is 16.3 Å². The Balaban J connectivity index is 1.28. The van der Waals surface area contributed by atoms with Gasteiger partial charge < -0.3 is 15.2 Å². The van der Waals surface area contributed by atoms with Gasteiger partial charge in [-0.2, -0.15) is 0 Å². The summed E-state index contributed by atoms with van der Waals surface area (Å²) in [7, 11) is 0. The molecule has 1 aliphatic rings. The van der Waals surface area contributed by atoms with Crippen LogP contribution in [-0.4, -0.2) is 30.3 Å². The van der Waals surface area contributed by atoms with Gasteiger partial charge in [0.05, 0.1) is 5.56 Å². The maximum absolute atomic E-state index is 11.5. The molecule has 0 saturated heterocycles. The lowest BCUT2D eigenvalue weighted by molar-refractivity contribution is 0.0696. The second-order valence-electron chi connectivity index (χ2n) is 8.59. The molecule has 0 saturated carbocycles. The molecule has 33 heavy (non-hydrogen) atoms. The zero-order chi connectivity index (χ0) is 22.6. The third-order valence-electron chi connectivity index (χ3n) is 6.45. The van der Waals surface area contributed by atoms with Crippen LogP contribution in [0.3, 0.4) is 0 Å². The maximum atomic E-state index is 11.5. The fraction of sp³-hybridized carbons (Fsp3) is 0.207. The number of hydrogen-bond donors (Lipinski definition) is 2. The van der Waals surface area contributed by atoms with Gasteiger partial charge in [0.25, 0.3) is 0 Å². The highest BCUT2D eigenvalue weighted by Crippen LogP contribution is 2.40. The Hall–Kier alpha value is -3.63. The number of nitrogens with one attached hydrogen (secondary N) is 1. The average molecular weight is 438 g/mol. The van der Waals surface area contributed by atoms with Crippen molar-refractivity contribution in [3.05, 3.63) is 113 Å². The van der Waals surface area contributed by atoms with E-state index in [9.17, 15) is 9.90 Å². The summed E-state index contributed by atoms with van der Waals surface area (Å²) in [5, 5.41) is 15.6. The van der Waals surface area contributed by atoms with E-state index >= 15 is 0 Å². The molecule has 166 valence electrons. The number of fused-ring (bicyclic) bond motifs is 2. The number of hydrogen-bond acceptors (Lipinski definition) is 3. The van der Waals surface area contributed by atoms with Crippen LogP contribution in [-0.2, 0) is 6.42 Å². The monoisotopic (exact) mass is 437 g/mol. The van der Waals surface area contributed by atoms with Crippen molar-refractivity contribution >= 4 is 16.7 Å². The molecule has 0 bridgehead atoms. The van der Waals surface area contributed by atoms with Crippen LogP contribution in [0.2, 0.25) is 0 Å². The van der Waals surface area contributed by atoms with Gasteiger partial charge >= 0.3 is 5.97 Å². The molecule has 0 fully saturated rings. The van der Waals surface area contributed by atoms with Crippen molar-refractivity contribution < 1.29 is 14.6 Å². The maximum Gasteiger partial charge on any atom is 0.335 e. The van der Waals surface area contributed by atoms with Crippen LogP contribution in [0.4, 0.5) is 0 Å². The topological polar surface area (TPSA) is 58.6 Å². The molecule has 4 heteroatoms. The minimum Gasteiger partial charge on any atom is -0.489 e. The molecule has 5 rings (SSSR count). The van der Waals surface area contributed by atoms with Crippen LogP contribution in [0.5, 0.6) is 5.75 Å². The van der Waals surface area contributed by atoms with Crippen molar-refractivity contribution in [2.24, 2.45) is 0 Å². The Labute approximate surface area is 193 Å². The van der Waals surface area contributed by atoms with E-state index in [0.717, 1.165) is 42.8 Å². The summed E-state index contributed by atoms with van der Waals surface area (Å²) in [5.41, 5.74) is 3.80. The van der Waals surface area contributed by atoms with Gasteiger partial charge in [-0.3, -0.25) is 0 Å². The first-order valence-corrected chi connectivity index (χ1v) is 11.5. The first-order chi connectivity index (χ1) is 16.2. The van der Waals surface area contributed by atoms with Crippen LogP contribution >= 0.6 is 0 Å². The first-order valence-electron chi connectivity index (χ1n) is 11.5. The molecule has 4 aromatic rings. The zero-order valence-electron chi connectivity index (χ0n) is 18.4. The molecular formula is C29H27NO3. The Morgan fingerprint density at radius 1 is 0.939 bits per heavy atom. The molecule has 2 atom stereocenters. The van der Waals surface area contributed by atoms with Crippen molar-refractivity contribution in [1.82, 2.24) is 5.32 Å². The minimum absolute atomic E-state index is 0.0194. The van der Waals surface area contributed by atoms with Gasteiger partial charge in [-0.25, -0.2) is 4.79 Å². The van der Waals surface area contributed by atoms with E-state index in [1.807, 2.05) is 30.3 Å². The summed E-state index contributed by atoms with van der Waals surface area (Å²) in [6.45, 7) is 1.61. The zero-order valence-corrected chi connectivity index (χ0v) is 18.4. The van der Waals surface area contributed by atoms with E-state index in [0.29, 0.717) is 5.56 Å². The van der Waals surface area contributed by atoms with Gasteiger partial charge in [0, 0.05) is 18.0 Å². The van der Waals surface area contributed by atoms with Gasteiger partial charge in [-0.15, -0.1) is 0 Å². The van der Waals surface area contributed by atoms with Crippen molar-refractivity contribution in [3.8, 4) is 5.75 Å². The number of carboxylic acid groups (broad SMARTS) is 1. The predicted molar refractivity (Wildman–Crippen MR) is 131 cm³/mol. The fourth-order valence-electron chi connectivity index (χ4n) is 4.82. The number of carboxylic acids is 1. The van der Waals surface area contributed by atoms with Crippen molar-refractivity contribution in [2.75, 3.05) is 13.1 Å². The number of para-hydroxylation sites is 1. The van der Waals surface area contributed by atoms with Gasteiger partial charge in [0.2, 0.25) is 0 Å². The van der Waals surface area contributed by atoms with Crippen molar-refractivity contribution in [2.45, 2.75) is 24.9 Å². The Morgan fingerprint density at radius 3 is 2.64 bits per heavy atom. The fourth-order valence-corrected chi connectivity index (χ4v) is 4.82. The van der Waals surface area contributed by atoms with Crippen molar-refractivity contribution in [3.63, 3.8) is 0 Å². The van der Waals surface area contributed by atoms with Gasteiger partial charge in [-0.1, -0.05) is 72.8 Å². The lowest BCUT2D eigenvalue weighted by atomic mass is 9.83. The van der Waals surface area contributed by atoms with Gasteiger partial charge in [0.15, 0.2) is 0 Å². The third-order valence-corrected chi connectivity index (χ3v) is 6.45. The average Bonchev–Trinajstić information content (AvgIpc) is 2.86. The van der Waals surface area contributed by atoms with Gasteiger partial charge in [-0.05, 0) is 59.5 Å². The highest BCUT2D eigenvalue weighted by Gasteiger charge is 2.29. The standard InChI is InChI=1S/C29H27NO3/c31-29(32)23-11-6-10-22(17-23)27-18-24(33-28-14-4-3-13-26(27)28)19-30-16-15-21-9-5-8-20-7-1-2-12-25(20)21/h1-14,17,24,27,30H,15-16,18-19H2,(H,31,32)/t24-,27+/m0/s1. The minimum atomic E-state index is -0.899. The normalized spacial score (nSPS) is 17.3. The second kappa shape index (κ2) is 9.47. The molecular weight excluding hydrogens is 410 g/mol. The van der Waals surface area contributed by atoms with E-state index < -0.39 is 5.97 Å². The van der Waals surface area contributed by atoms with Gasteiger partial charge in [0.1, 0.15) is 11.9 Å². The number of aromatic carboxylic acids is 1. The number of carbonyl (C=O) groups is 1. The summed E-state index contributed by atoms with van der Waals surface area (Å²) in [6, 6.07) is 30.3. The van der Waals surface area contributed by atoms with Crippen LogP contribution in [0, 0.1) is 0 Å². The van der Waals surface area contributed by atoms with E-state index in [2.05, 4.69) is 53.8 Å². The highest BCUT2D eigenvalue weighted by molar-refractivity contribution is 5.88. The lowest BCUT2D eigenvalue weighted by Gasteiger charge is -2.33. The van der Waals surface area contributed by atoms with Crippen LogP contribution < -0.4 is 10.1 Å². The summed E-state index contributed by atoms with van der Waals surface area (Å²) in [6.07, 6.45) is 1.78. The van der Waals surface area contributed by atoms with Crippen molar-refractivity contribution in [1.29, 1.82) is 0 Å². The van der Waals surface area contributed by atoms with E-state index in [4.69, 9.17) is 4.74 Å². The third kappa shape index (κ3) is 4.62. The quantitative estimate of drug-likeness (QED) is 0.367. The molecule has 0 amide bonds. The summed E-state index contributed by atoms with van der Waals surface area (Å²) in [5.74, 6) is 0.0956. The molecule has 1 heterocycles. The SMILES string of the molecule is O=C(O)c1cccc([C@H]2C[C@@H](CNCCc3cccc4ccccc34)Oc3ccccc32)c1. The predicted octanol–water partition coefficient (Wildman–Crippen LogP) is 5.65. The summed E-state index contributed by atoms with van der Waals surface area (Å²) < 4.78 is 6.31.